The molecule has 0 fully saturated rings. The Balaban J connectivity index is 1.93. The molecule has 0 saturated carbocycles. The third kappa shape index (κ3) is 6.04. The third-order valence-electron chi connectivity index (χ3n) is 3.40. The fourth-order valence-electron chi connectivity index (χ4n) is 2.14. The van der Waals surface area contributed by atoms with Crippen LogP contribution in [-0.4, -0.2) is 25.8 Å². The molecule has 0 aliphatic rings. The first kappa shape index (κ1) is 18.1. The molecular weight excluding hydrogens is 316 g/mol. The molecule has 0 atom stereocenters. The van der Waals surface area contributed by atoms with E-state index in [0.717, 1.165) is 5.56 Å². The first-order valence-electron chi connectivity index (χ1n) is 7.83. The van der Waals surface area contributed by atoms with Gasteiger partial charge >= 0.3 is 0 Å². The van der Waals surface area contributed by atoms with Gasteiger partial charge in [0.25, 0.3) is 0 Å². The highest BCUT2D eigenvalue weighted by Gasteiger charge is 2.05. The molecule has 0 unspecified atom stereocenters. The van der Waals surface area contributed by atoms with Crippen LogP contribution in [0.5, 0.6) is 11.5 Å². The van der Waals surface area contributed by atoms with Crippen LogP contribution in [0.25, 0.3) is 0 Å². The summed E-state index contributed by atoms with van der Waals surface area (Å²) >= 11 is 0. The molecule has 5 heteroatoms. The van der Waals surface area contributed by atoms with Gasteiger partial charge < -0.3 is 9.47 Å². The van der Waals surface area contributed by atoms with Crippen molar-refractivity contribution in [3.05, 3.63) is 59.7 Å². The number of nitrogens with zero attached hydrogens (tertiary/aromatic N) is 1. The number of amides is 1. The van der Waals surface area contributed by atoms with Crippen molar-refractivity contribution >= 4 is 12.1 Å². The number of hydrogen-bond acceptors (Lipinski definition) is 4. The normalized spacial score (nSPS) is 10.2. The predicted octanol–water partition coefficient (Wildman–Crippen LogP) is 2.79. The van der Waals surface area contributed by atoms with Crippen LogP contribution in [0.15, 0.2) is 53.6 Å². The van der Waals surface area contributed by atoms with E-state index in [1.54, 1.807) is 25.3 Å². The maximum absolute atomic E-state index is 11.9. The number of rotatable bonds is 8. The number of methoxy groups -OCH3 is 1. The first-order valence-corrected chi connectivity index (χ1v) is 7.83. The Kier molecular flexibility index (Phi) is 7.08. The van der Waals surface area contributed by atoms with E-state index in [9.17, 15) is 4.79 Å². The van der Waals surface area contributed by atoms with Crippen molar-refractivity contribution in [2.45, 2.75) is 12.8 Å². The molecule has 2 rings (SSSR count). The summed E-state index contributed by atoms with van der Waals surface area (Å²) in [7, 11) is 1.57. The van der Waals surface area contributed by atoms with Crippen LogP contribution in [-0.2, 0) is 11.2 Å². The summed E-state index contributed by atoms with van der Waals surface area (Å²) in [6.07, 6.45) is 7.75. The lowest BCUT2D eigenvalue weighted by Crippen LogP contribution is -2.18. The minimum absolute atomic E-state index is 0.149. The van der Waals surface area contributed by atoms with Gasteiger partial charge in [-0.25, -0.2) is 5.43 Å². The molecule has 1 N–H and O–H groups in total. The molecule has 0 saturated heterocycles. The molecule has 128 valence electrons. The number of hydrogen-bond donors (Lipinski definition) is 1. The summed E-state index contributed by atoms with van der Waals surface area (Å²) in [6, 6.07) is 15.1. The quantitative estimate of drug-likeness (QED) is 0.458. The first-order chi connectivity index (χ1) is 12.2. The Morgan fingerprint density at radius 3 is 2.80 bits per heavy atom. The van der Waals surface area contributed by atoms with Gasteiger partial charge in [0.2, 0.25) is 5.91 Å². The Bertz CT molecular complexity index is 764. The molecular formula is C20H20N2O3. The molecule has 0 radical (unpaired) electrons. The maximum atomic E-state index is 11.9. The van der Waals surface area contributed by atoms with E-state index >= 15 is 0 Å². The van der Waals surface area contributed by atoms with E-state index in [-0.39, 0.29) is 12.5 Å². The van der Waals surface area contributed by atoms with Gasteiger partial charge in [0.15, 0.2) is 0 Å². The van der Waals surface area contributed by atoms with Crippen LogP contribution in [0.3, 0.4) is 0 Å². The zero-order valence-corrected chi connectivity index (χ0v) is 14.1. The lowest BCUT2D eigenvalue weighted by Gasteiger charge is -2.08. The minimum atomic E-state index is -0.158. The fourth-order valence-corrected chi connectivity index (χ4v) is 2.14. The SMILES string of the molecule is C#CCOc1ccc(OC)cc1/C=N\NC(=O)CCc1ccccc1. The third-order valence-corrected chi connectivity index (χ3v) is 3.40. The number of benzene rings is 2. The lowest BCUT2D eigenvalue weighted by atomic mass is 10.1. The molecule has 5 nitrogen and oxygen atoms in total. The summed E-state index contributed by atoms with van der Waals surface area (Å²) in [6.45, 7) is 0.149. The van der Waals surface area contributed by atoms with Crippen LogP contribution >= 0.6 is 0 Å². The van der Waals surface area contributed by atoms with Crippen molar-refractivity contribution in [1.29, 1.82) is 0 Å². The van der Waals surface area contributed by atoms with E-state index in [0.29, 0.717) is 29.9 Å². The highest BCUT2D eigenvalue weighted by atomic mass is 16.5. The van der Waals surface area contributed by atoms with E-state index in [1.807, 2.05) is 30.3 Å². The van der Waals surface area contributed by atoms with E-state index < -0.39 is 0 Å². The molecule has 2 aromatic carbocycles. The maximum Gasteiger partial charge on any atom is 0.240 e. The summed E-state index contributed by atoms with van der Waals surface area (Å²) < 4.78 is 10.6. The number of hydrazone groups is 1. The zero-order valence-electron chi connectivity index (χ0n) is 14.1. The average Bonchev–Trinajstić information content (AvgIpc) is 2.66. The zero-order chi connectivity index (χ0) is 17.9. The number of terminal acetylenes is 1. The largest absolute Gasteiger partial charge is 0.497 e. The Hall–Kier alpha value is -3.26. The highest BCUT2D eigenvalue weighted by Crippen LogP contribution is 2.22. The van der Waals surface area contributed by atoms with Crippen molar-refractivity contribution in [1.82, 2.24) is 5.43 Å². The van der Waals surface area contributed by atoms with Crippen LogP contribution in [0, 0.1) is 12.3 Å². The molecule has 0 aromatic heterocycles. The summed E-state index contributed by atoms with van der Waals surface area (Å²) in [5.41, 5.74) is 4.29. The van der Waals surface area contributed by atoms with Gasteiger partial charge in [0.1, 0.15) is 18.1 Å². The second-order valence-corrected chi connectivity index (χ2v) is 5.18. The number of carbonyl (C=O) groups is 1. The topological polar surface area (TPSA) is 59.9 Å². The Morgan fingerprint density at radius 2 is 2.08 bits per heavy atom. The molecule has 0 spiro atoms. The van der Waals surface area contributed by atoms with E-state index in [4.69, 9.17) is 15.9 Å². The fraction of sp³-hybridized carbons (Fsp3) is 0.200. The van der Waals surface area contributed by atoms with Crippen molar-refractivity contribution in [3.8, 4) is 23.8 Å². The van der Waals surface area contributed by atoms with Crippen LogP contribution < -0.4 is 14.9 Å². The monoisotopic (exact) mass is 336 g/mol. The average molecular weight is 336 g/mol. The van der Waals surface area contributed by atoms with E-state index in [1.165, 1.54) is 6.21 Å². The molecule has 0 aliphatic heterocycles. The second-order valence-electron chi connectivity index (χ2n) is 5.18. The second kappa shape index (κ2) is 9.78. The van der Waals surface area contributed by atoms with Gasteiger partial charge in [-0.1, -0.05) is 36.3 Å². The summed E-state index contributed by atoms with van der Waals surface area (Å²) in [4.78, 5) is 11.9. The number of ether oxygens (including phenoxy) is 2. The van der Waals surface area contributed by atoms with Crippen LogP contribution in [0.1, 0.15) is 17.5 Å². The minimum Gasteiger partial charge on any atom is -0.497 e. The number of nitrogens with one attached hydrogen (secondary N) is 1. The van der Waals surface area contributed by atoms with Crippen molar-refractivity contribution in [2.75, 3.05) is 13.7 Å². The number of carbonyl (C=O) groups excluding carboxylic acids is 1. The molecule has 1 amide bonds. The van der Waals surface area contributed by atoms with Gasteiger partial charge in [-0.05, 0) is 30.2 Å². The smallest absolute Gasteiger partial charge is 0.240 e. The van der Waals surface area contributed by atoms with Gasteiger partial charge in [-0.2, -0.15) is 5.10 Å². The van der Waals surface area contributed by atoms with Crippen LogP contribution in [0.4, 0.5) is 0 Å². The molecule has 25 heavy (non-hydrogen) atoms. The molecule has 0 heterocycles. The van der Waals surface area contributed by atoms with Gasteiger partial charge in [0.05, 0.1) is 13.3 Å². The summed E-state index contributed by atoms with van der Waals surface area (Å²) in [5, 5.41) is 3.99. The van der Waals surface area contributed by atoms with Gasteiger partial charge in [0, 0.05) is 12.0 Å². The Morgan fingerprint density at radius 1 is 1.28 bits per heavy atom. The van der Waals surface area contributed by atoms with Crippen molar-refractivity contribution in [3.63, 3.8) is 0 Å². The summed E-state index contributed by atoms with van der Waals surface area (Å²) in [5.74, 6) is 3.48. The van der Waals surface area contributed by atoms with Crippen LogP contribution in [0.2, 0.25) is 0 Å². The van der Waals surface area contributed by atoms with Gasteiger partial charge in [-0.3, -0.25) is 4.79 Å². The molecule has 2 aromatic rings. The molecule has 0 bridgehead atoms. The Labute approximate surface area is 147 Å². The molecule has 0 aliphatic carbocycles. The van der Waals surface area contributed by atoms with E-state index in [2.05, 4.69) is 16.4 Å². The predicted molar refractivity (Wildman–Crippen MR) is 97.8 cm³/mol. The van der Waals surface area contributed by atoms with Crippen molar-refractivity contribution in [2.24, 2.45) is 5.10 Å². The lowest BCUT2D eigenvalue weighted by molar-refractivity contribution is -0.121. The highest BCUT2D eigenvalue weighted by molar-refractivity contribution is 5.85. The number of aryl methyl sites for hydroxylation is 1. The van der Waals surface area contributed by atoms with Gasteiger partial charge in [-0.15, -0.1) is 6.42 Å². The standard InChI is InChI=1S/C20H20N2O3/c1-3-13-25-19-11-10-18(24-2)14-17(19)15-21-22-20(23)12-9-16-7-5-4-6-8-16/h1,4-8,10-11,14-15H,9,12-13H2,2H3,(H,22,23)/b21-15-. The van der Waals surface area contributed by atoms with Crippen molar-refractivity contribution < 1.29 is 14.3 Å².